The third kappa shape index (κ3) is 2.88. The third-order valence-corrected chi connectivity index (χ3v) is 4.35. The van der Waals surface area contributed by atoms with E-state index in [1.807, 2.05) is 0 Å². The van der Waals surface area contributed by atoms with Gasteiger partial charge in [0, 0.05) is 45.3 Å². The number of likely N-dealkylation sites (tertiary alicyclic amines) is 1. The van der Waals surface area contributed by atoms with Gasteiger partial charge < -0.3 is 10.2 Å². The highest BCUT2D eigenvalue weighted by Gasteiger charge is 2.36. The molecule has 1 aromatic carbocycles. The van der Waals surface area contributed by atoms with Gasteiger partial charge in [-0.05, 0) is 12.1 Å². The predicted molar refractivity (Wildman–Crippen MR) is 75.5 cm³/mol. The van der Waals surface area contributed by atoms with Gasteiger partial charge in [-0.15, -0.1) is 0 Å². The van der Waals surface area contributed by atoms with E-state index in [4.69, 9.17) is 11.6 Å². The summed E-state index contributed by atoms with van der Waals surface area (Å²) >= 11 is 5.49. The number of carbonyl (C=O) groups is 1. The molecule has 0 spiro atoms. The summed E-state index contributed by atoms with van der Waals surface area (Å²) in [6.07, 6.45) is 0. The highest BCUT2D eigenvalue weighted by molar-refractivity contribution is 6.30. The Morgan fingerprint density at radius 2 is 1.86 bits per heavy atom. The largest absolute Gasteiger partial charge is 0.335 e. The van der Waals surface area contributed by atoms with Crippen molar-refractivity contribution in [1.82, 2.24) is 15.1 Å². The van der Waals surface area contributed by atoms with Crippen LogP contribution in [0.4, 0.5) is 8.78 Å². The first-order valence-electron chi connectivity index (χ1n) is 6.95. The number of piperazine rings is 1. The van der Waals surface area contributed by atoms with E-state index >= 15 is 0 Å². The first kappa shape index (κ1) is 14.7. The van der Waals surface area contributed by atoms with Gasteiger partial charge in [0.2, 0.25) is 0 Å². The number of nitrogens with zero attached hydrogens (tertiary/aromatic N) is 2. The summed E-state index contributed by atoms with van der Waals surface area (Å²) in [5, 5.41) is 2.96. The standard InChI is InChI=1S/C14H16ClF2N3O/c15-11-6-12(16)10(5-13(11)17)14(21)20-7-9(8-20)19-3-1-18-2-4-19/h5-6,9,18H,1-4,7-8H2. The van der Waals surface area contributed by atoms with Crippen LogP contribution in [-0.4, -0.2) is 61.0 Å². The smallest absolute Gasteiger partial charge is 0.257 e. The first-order chi connectivity index (χ1) is 10.1. The molecule has 2 saturated heterocycles. The van der Waals surface area contributed by atoms with Crippen molar-refractivity contribution in [3.63, 3.8) is 0 Å². The van der Waals surface area contributed by atoms with Gasteiger partial charge in [-0.3, -0.25) is 9.69 Å². The molecule has 0 bridgehead atoms. The second-order valence-corrected chi connectivity index (χ2v) is 5.80. The van der Waals surface area contributed by atoms with E-state index in [1.54, 1.807) is 4.90 Å². The van der Waals surface area contributed by atoms with Gasteiger partial charge >= 0.3 is 0 Å². The molecule has 1 amide bonds. The molecule has 2 aliphatic rings. The fraction of sp³-hybridized carbons (Fsp3) is 0.500. The monoisotopic (exact) mass is 315 g/mol. The molecule has 2 aliphatic heterocycles. The van der Waals surface area contributed by atoms with Crippen molar-refractivity contribution in [3.05, 3.63) is 34.4 Å². The maximum absolute atomic E-state index is 13.7. The second kappa shape index (κ2) is 5.87. The lowest BCUT2D eigenvalue weighted by molar-refractivity contribution is 0.0223. The SMILES string of the molecule is O=C(c1cc(F)c(Cl)cc1F)N1CC(N2CCNCC2)C1. The molecule has 1 aromatic rings. The summed E-state index contributed by atoms with van der Waals surface area (Å²) in [6.45, 7) is 4.92. The van der Waals surface area contributed by atoms with Gasteiger partial charge in [-0.1, -0.05) is 11.6 Å². The number of amides is 1. The minimum absolute atomic E-state index is 0.254. The highest BCUT2D eigenvalue weighted by atomic mass is 35.5. The van der Waals surface area contributed by atoms with Crippen LogP contribution in [0.1, 0.15) is 10.4 Å². The van der Waals surface area contributed by atoms with E-state index in [0.717, 1.165) is 38.3 Å². The fourth-order valence-electron chi connectivity index (χ4n) is 2.76. The molecule has 21 heavy (non-hydrogen) atoms. The Bertz CT molecular complexity index is 557. The molecule has 0 unspecified atom stereocenters. The number of halogens is 3. The second-order valence-electron chi connectivity index (χ2n) is 5.40. The Balaban J connectivity index is 1.64. The molecular formula is C14H16ClF2N3O. The quantitative estimate of drug-likeness (QED) is 0.837. The Morgan fingerprint density at radius 1 is 1.19 bits per heavy atom. The summed E-state index contributed by atoms with van der Waals surface area (Å²) in [7, 11) is 0. The van der Waals surface area contributed by atoms with E-state index in [1.165, 1.54) is 0 Å². The number of hydrogen-bond donors (Lipinski definition) is 1. The topological polar surface area (TPSA) is 35.6 Å². The summed E-state index contributed by atoms with van der Waals surface area (Å²) in [5.41, 5.74) is -0.254. The van der Waals surface area contributed by atoms with Gasteiger partial charge in [0.1, 0.15) is 11.6 Å². The minimum Gasteiger partial charge on any atom is -0.335 e. The van der Waals surface area contributed by atoms with Crippen molar-refractivity contribution in [2.24, 2.45) is 0 Å². The molecule has 1 N–H and O–H groups in total. The summed E-state index contributed by atoms with van der Waals surface area (Å²) in [6, 6.07) is 2.03. The van der Waals surface area contributed by atoms with E-state index < -0.39 is 17.5 Å². The molecule has 4 nitrogen and oxygen atoms in total. The van der Waals surface area contributed by atoms with Crippen molar-refractivity contribution in [1.29, 1.82) is 0 Å². The lowest BCUT2D eigenvalue weighted by atomic mass is 10.0. The highest BCUT2D eigenvalue weighted by Crippen LogP contribution is 2.23. The molecule has 0 aromatic heterocycles. The van der Waals surface area contributed by atoms with Crippen LogP contribution < -0.4 is 5.32 Å². The Hall–Kier alpha value is -1.24. The molecule has 0 saturated carbocycles. The van der Waals surface area contributed by atoms with Crippen LogP contribution in [0.15, 0.2) is 12.1 Å². The minimum atomic E-state index is -0.781. The van der Waals surface area contributed by atoms with Crippen molar-refractivity contribution in [3.8, 4) is 0 Å². The molecule has 7 heteroatoms. The summed E-state index contributed by atoms with van der Waals surface area (Å²) in [4.78, 5) is 16.0. The molecule has 2 heterocycles. The van der Waals surface area contributed by atoms with Crippen LogP contribution in [0, 0.1) is 11.6 Å². The number of benzene rings is 1. The van der Waals surface area contributed by atoms with Crippen molar-refractivity contribution < 1.29 is 13.6 Å². The van der Waals surface area contributed by atoms with Crippen molar-refractivity contribution in [2.75, 3.05) is 39.3 Å². The lowest BCUT2D eigenvalue weighted by Crippen LogP contribution is -2.63. The molecule has 3 rings (SSSR count). The Morgan fingerprint density at radius 3 is 2.52 bits per heavy atom. The number of nitrogens with one attached hydrogen (secondary N) is 1. The van der Waals surface area contributed by atoms with E-state index in [9.17, 15) is 13.6 Å². The zero-order chi connectivity index (χ0) is 15.0. The Labute approximate surface area is 126 Å². The predicted octanol–water partition coefficient (Wildman–Crippen LogP) is 1.35. The molecule has 0 aliphatic carbocycles. The van der Waals surface area contributed by atoms with Crippen LogP contribution in [0.3, 0.4) is 0 Å². The van der Waals surface area contributed by atoms with E-state index in [0.29, 0.717) is 19.1 Å². The Kier molecular flexibility index (Phi) is 4.10. The third-order valence-electron chi connectivity index (χ3n) is 4.06. The molecule has 0 atom stereocenters. The zero-order valence-corrected chi connectivity index (χ0v) is 12.2. The van der Waals surface area contributed by atoms with E-state index in [-0.39, 0.29) is 10.6 Å². The fourth-order valence-corrected chi connectivity index (χ4v) is 2.91. The van der Waals surface area contributed by atoms with Gasteiger partial charge in [-0.25, -0.2) is 8.78 Å². The van der Waals surface area contributed by atoms with E-state index in [2.05, 4.69) is 10.2 Å². The molecule has 114 valence electrons. The van der Waals surface area contributed by atoms with Gasteiger partial charge in [0.05, 0.1) is 10.6 Å². The normalized spacial score (nSPS) is 20.4. The van der Waals surface area contributed by atoms with Gasteiger partial charge in [0.25, 0.3) is 5.91 Å². The maximum atomic E-state index is 13.7. The van der Waals surface area contributed by atoms with Gasteiger partial charge in [0.15, 0.2) is 0 Å². The van der Waals surface area contributed by atoms with Crippen LogP contribution in [-0.2, 0) is 0 Å². The maximum Gasteiger partial charge on any atom is 0.257 e. The van der Waals surface area contributed by atoms with Crippen LogP contribution in [0.2, 0.25) is 5.02 Å². The zero-order valence-electron chi connectivity index (χ0n) is 11.4. The van der Waals surface area contributed by atoms with Crippen LogP contribution in [0.5, 0.6) is 0 Å². The molecule has 2 fully saturated rings. The lowest BCUT2D eigenvalue weighted by Gasteiger charge is -2.46. The summed E-state index contributed by atoms with van der Waals surface area (Å²) < 4.78 is 27.1. The van der Waals surface area contributed by atoms with Crippen molar-refractivity contribution in [2.45, 2.75) is 6.04 Å². The summed E-state index contributed by atoms with van der Waals surface area (Å²) in [5.74, 6) is -2.04. The average molecular weight is 316 g/mol. The van der Waals surface area contributed by atoms with Crippen LogP contribution >= 0.6 is 11.6 Å². The first-order valence-corrected chi connectivity index (χ1v) is 7.32. The number of carbonyl (C=O) groups excluding carboxylic acids is 1. The van der Waals surface area contributed by atoms with Crippen LogP contribution in [0.25, 0.3) is 0 Å². The molecule has 0 radical (unpaired) electrons. The molecular weight excluding hydrogens is 300 g/mol. The van der Waals surface area contributed by atoms with Gasteiger partial charge in [-0.2, -0.15) is 0 Å². The average Bonchev–Trinajstić information content (AvgIpc) is 2.42. The number of hydrogen-bond acceptors (Lipinski definition) is 3. The number of rotatable bonds is 2. The van der Waals surface area contributed by atoms with Crippen molar-refractivity contribution >= 4 is 17.5 Å².